The number of aromatic hydroxyl groups is 2. The molecule has 0 fully saturated rings. The van der Waals surface area contributed by atoms with E-state index in [-0.39, 0.29) is 11.5 Å². The number of phenolic OH excluding ortho intramolecular Hbond substituents is 2. The van der Waals surface area contributed by atoms with Gasteiger partial charge in [0.25, 0.3) is 0 Å². The van der Waals surface area contributed by atoms with Crippen molar-refractivity contribution in [1.29, 1.82) is 0 Å². The molecule has 0 aliphatic rings. The maximum absolute atomic E-state index is 9.77. The lowest BCUT2D eigenvalue weighted by molar-refractivity contribution is 0.446. The summed E-state index contributed by atoms with van der Waals surface area (Å²) >= 11 is 11.9. The van der Waals surface area contributed by atoms with Crippen LogP contribution in [0.3, 0.4) is 0 Å². The van der Waals surface area contributed by atoms with E-state index in [1.807, 2.05) is 0 Å². The molecule has 2 N–H and O–H groups in total. The van der Waals surface area contributed by atoms with Crippen molar-refractivity contribution in [1.82, 2.24) is 15.0 Å². The van der Waals surface area contributed by atoms with Crippen LogP contribution < -0.4 is 0 Å². The van der Waals surface area contributed by atoms with Gasteiger partial charge in [0.05, 0.1) is 10.0 Å². The topological polar surface area (TPSA) is 71.2 Å². The number of benzene rings is 2. The van der Waals surface area contributed by atoms with Crippen LogP contribution in [0, 0.1) is 0 Å². The van der Waals surface area contributed by atoms with Gasteiger partial charge in [-0.25, -0.2) is 0 Å². The maximum atomic E-state index is 9.77. The van der Waals surface area contributed by atoms with Crippen LogP contribution in [0.15, 0.2) is 30.3 Å². The summed E-state index contributed by atoms with van der Waals surface area (Å²) in [5, 5.41) is 28.1. The highest BCUT2D eigenvalue weighted by Crippen LogP contribution is 2.30. The minimum Gasteiger partial charge on any atom is -0.508 e. The van der Waals surface area contributed by atoms with E-state index in [0.717, 1.165) is 0 Å². The van der Waals surface area contributed by atoms with E-state index in [0.29, 0.717) is 26.8 Å². The van der Waals surface area contributed by atoms with E-state index in [1.165, 1.54) is 23.0 Å². The van der Waals surface area contributed by atoms with Gasteiger partial charge in [0, 0.05) is 6.07 Å². The van der Waals surface area contributed by atoms with Crippen LogP contribution >= 0.6 is 23.2 Å². The number of hydrogen-bond acceptors (Lipinski definition) is 4. The summed E-state index contributed by atoms with van der Waals surface area (Å²) in [6.07, 6.45) is 0. The number of phenols is 2. The molecule has 2 aromatic carbocycles. The Balaban J connectivity index is 2.23. The summed E-state index contributed by atoms with van der Waals surface area (Å²) in [6.45, 7) is 0. The number of fused-ring (bicyclic) bond motifs is 1. The van der Waals surface area contributed by atoms with Crippen LogP contribution in [0.25, 0.3) is 16.7 Å². The minimum absolute atomic E-state index is 0.0426. The molecule has 96 valence electrons. The Bertz CT molecular complexity index is 786. The molecule has 3 aromatic rings. The number of hydrogen-bond donors (Lipinski definition) is 2. The molecule has 7 heteroatoms. The predicted octanol–water partition coefficient (Wildman–Crippen LogP) is 3.14. The summed E-state index contributed by atoms with van der Waals surface area (Å²) in [7, 11) is 0. The van der Waals surface area contributed by atoms with Crippen molar-refractivity contribution in [2.75, 3.05) is 0 Å². The first-order chi connectivity index (χ1) is 9.06. The molecule has 0 radical (unpaired) electrons. The number of aromatic nitrogens is 3. The van der Waals surface area contributed by atoms with E-state index < -0.39 is 0 Å². The number of rotatable bonds is 1. The fourth-order valence-electron chi connectivity index (χ4n) is 1.71. The molecule has 0 aliphatic carbocycles. The molecule has 19 heavy (non-hydrogen) atoms. The molecule has 0 aliphatic heterocycles. The molecule has 0 saturated carbocycles. The average molecular weight is 296 g/mol. The maximum Gasteiger partial charge on any atom is 0.146 e. The Morgan fingerprint density at radius 3 is 2.53 bits per heavy atom. The smallest absolute Gasteiger partial charge is 0.146 e. The Labute approximate surface area is 117 Å². The first-order valence-corrected chi connectivity index (χ1v) is 6.05. The highest BCUT2D eigenvalue weighted by Gasteiger charge is 2.13. The Morgan fingerprint density at radius 1 is 1.00 bits per heavy atom. The fraction of sp³-hybridized carbons (Fsp3) is 0. The predicted molar refractivity (Wildman–Crippen MR) is 72.2 cm³/mol. The lowest BCUT2D eigenvalue weighted by Gasteiger charge is -2.02. The molecule has 0 amide bonds. The van der Waals surface area contributed by atoms with Gasteiger partial charge in [-0.1, -0.05) is 23.2 Å². The highest BCUT2D eigenvalue weighted by molar-refractivity contribution is 6.44. The van der Waals surface area contributed by atoms with Crippen LogP contribution in [0.5, 0.6) is 11.5 Å². The summed E-state index contributed by atoms with van der Waals surface area (Å²) < 4.78 is 0. The lowest BCUT2D eigenvalue weighted by Crippen LogP contribution is -1.98. The van der Waals surface area contributed by atoms with Gasteiger partial charge in [0.15, 0.2) is 0 Å². The minimum atomic E-state index is -0.137. The van der Waals surface area contributed by atoms with E-state index in [2.05, 4.69) is 10.2 Å². The van der Waals surface area contributed by atoms with Gasteiger partial charge in [-0.05, 0) is 24.3 Å². The summed E-state index contributed by atoms with van der Waals surface area (Å²) in [6, 6.07) is 7.45. The molecule has 5 nitrogen and oxygen atoms in total. The van der Waals surface area contributed by atoms with Gasteiger partial charge in [-0.15, -0.1) is 15.0 Å². The molecule has 1 heterocycles. The average Bonchev–Trinajstić information content (AvgIpc) is 2.78. The third-order valence-corrected chi connectivity index (χ3v) is 3.41. The van der Waals surface area contributed by atoms with Crippen molar-refractivity contribution in [3.05, 3.63) is 40.4 Å². The highest BCUT2D eigenvalue weighted by atomic mass is 35.5. The second-order valence-electron chi connectivity index (χ2n) is 3.89. The van der Waals surface area contributed by atoms with Crippen LogP contribution in [0.4, 0.5) is 0 Å². The first-order valence-electron chi connectivity index (χ1n) is 5.29. The second kappa shape index (κ2) is 4.29. The van der Waals surface area contributed by atoms with E-state index >= 15 is 0 Å². The SMILES string of the molecule is Oc1ccc(-n2nc3ccc(Cl)c(Cl)c3n2)c(O)c1. The van der Waals surface area contributed by atoms with Crippen molar-refractivity contribution in [3.8, 4) is 17.2 Å². The monoisotopic (exact) mass is 295 g/mol. The largest absolute Gasteiger partial charge is 0.508 e. The van der Waals surface area contributed by atoms with Gasteiger partial charge >= 0.3 is 0 Å². The molecular formula is C12H7Cl2N3O2. The van der Waals surface area contributed by atoms with Gasteiger partial charge in [0.2, 0.25) is 0 Å². The fourth-order valence-corrected chi connectivity index (χ4v) is 2.06. The molecular weight excluding hydrogens is 289 g/mol. The zero-order chi connectivity index (χ0) is 13.6. The zero-order valence-electron chi connectivity index (χ0n) is 9.38. The Kier molecular flexibility index (Phi) is 2.73. The van der Waals surface area contributed by atoms with Crippen molar-refractivity contribution in [2.24, 2.45) is 0 Å². The second-order valence-corrected chi connectivity index (χ2v) is 4.68. The molecule has 0 bridgehead atoms. The third-order valence-electron chi connectivity index (χ3n) is 2.62. The molecule has 1 aromatic heterocycles. The van der Waals surface area contributed by atoms with E-state index in [1.54, 1.807) is 12.1 Å². The normalized spacial score (nSPS) is 11.1. The van der Waals surface area contributed by atoms with Crippen LogP contribution in [-0.2, 0) is 0 Å². The van der Waals surface area contributed by atoms with Crippen LogP contribution in [-0.4, -0.2) is 25.2 Å². The molecule has 0 saturated heterocycles. The van der Waals surface area contributed by atoms with Crippen molar-refractivity contribution in [2.45, 2.75) is 0 Å². The lowest BCUT2D eigenvalue weighted by atomic mass is 10.3. The van der Waals surface area contributed by atoms with E-state index in [9.17, 15) is 10.2 Å². The number of halogens is 2. The Morgan fingerprint density at radius 2 is 1.79 bits per heavy atom. The van der Waals surface area contributed by atoms with E-state index in [4.69, 9.17) is 23.2 Å². The summed E-state index contributed by atoms with van der Waals surface area (Å²) in [5.74, 6) is -0.179. The number of nitrogens with zero attached hydrogens (tertiary/aromatic N) is 3. The molecule has 3 rings (SSSR count). The van der Waals surface area contributed by atoms with Gasteiger partial charge < -0.3 is 10.2 Å². The zero-order valence-corrected chi connectivity index (χ0v) is 10.9. The van der Waals surface area contributed by atoms with Crippen LogP contribution in [0.2, 0.25) is 10.0 Å². The van der Waals surface area contributed by atoms with Crippen molar-refractivity contribution >= 4 is 34.2 Å². The van der Waals surface area contributed by atoms with Gasteiger partial charge in [-0.2, -0.15) is 0 Å². The summed E-state index contributed by atoms with van der Waals surface area (Å²) in [4.78, 5) is 1.24. The standard InChI is InChI=1S/C12H7Cl2N3O2/c13-7-2-3-8-12(11(7)14)16-17(15-8)9-4-1-6(18)5-10(9)19/h1-5,18-19H. The molecule has 0 atom stereocenters. The van der Waals surface area contributed by atoms with Gasteiger partial charge in [0.1, 0.15) is 28.2 Å². The molecule has 0 spiro atoms. The summed E-state index contributed by atoms with van der Waals surface area (Å²) in [5.41, 5.74) is 1.34. The molecule has 0 unspecified atom stereocenters. The Hall–Kier alpha value is -1.98. The van der Waals surface area contributed by atoms with Crippen molar-refractivity contribution in [3.63, 3.8) is 0 Å². The van der Waals surface area contributed by atoms with Crippen molar-refractivity contribution < 1.29 is 10.2 Å². The van der Waals surface area contributed by atoms with Gasteiger partial charge in [-0.3, -0.25) is 0 Å². The first kappa shape index (κ1) is 12.1. The van der Waals surface area contributed by atoms with Crippen LogP contribution in [0.1, 0.15) is 0 Å². The quantitative estimate of drug-likeness (QED) is 0.723. The third kappa shape index (κ3) is 1.97.